The van der Waals surface area contributed by atoms with Crippen LogP contribution in [0.2, 0.25) is 0 Å². The van der Waals surface area contributed by atoms with Crippen LogP contribution in [0.1, 0.15) is 36.1 Å². The molecule has 2 heterocycles. The summed E-state index contributed by atoms with van der Waals surface area (Å²) in [5.41, 5.74) is 1.52. The Balaban J connectivity index is 2.07. The van der Waals surface area contributed by atoms with Crippen LogP contribution in [0.15, 0.2) is 16.8 Å². The largest absolute Gasteiger partial charge is 0.391 e. The van der Waals surface area contributed by atoms with Crippen molar-refractivity contribution >= 4 is 28.6 Å². The highest BCUT2D eigenvalue weighted by Gasteiger charge is 2.23. The minimum Gasteiger partial charge on any atom is -0.391 e. The Kier molecular flexibility index (Phi) is 4.81. The zero-order valence-electron chi connectivity index (χ0n) is 12.6. The van der Waals surface area contributed by atoms with Crippen LogP contribution in [0.5, 0.6) is 0 Å². The number of aliphatic hydroxyl groups excluding tert-OH is 1. The van der Waals surface area contributed by atoms with E-state index < -0.39 is 6.10 Å². The van der Waals surface area contributed by atoms with Crippen molar-refractivity contribution in [1.82, 2.24) is 10.3 Å². The van der Waals surface area contributed by atoms with Crippen LogP contribution in [0.25, 0.3) is 10.6 Å². The molecule has 6 heteroatoms. The maximum atomic E-state index is 12.2. The third-order valence-electron chi connectivity index (χ3n) is 3.23. The summed E-state index contributed by atoms with van der Waals surface area (Å²) < 4.78 is 0. The summed E-state index contributed by atoms with van der Waals surface area (Å²) in [6.07, 6.45) is -0.578. The third kappa shape index (κ3) is 3.90. The quantitative estimate of drug-likeness (QED) is 0.907. The standard InChI is InChI=1S/C15H20N2O2S2/c1-9-12(13(19)16-7-11(18)15(2,3)4)21-14(17-9)10-5-6-20-8-10/h5-6,8,11,18H,7H2,1-4H3,(H,16,19). The van der Waals surface area contributed by atoms with Crippen LogP contribution >= 0.6 is 22.7 Å². The van der Waals surface area contributed by atoms with E-state index in [1.807, 2.05) is 44.5 Å². The molecule has 0 aliphatic heterocycles. The first-order valence-electron chi connectivity index (χ1n) is 6.75. The van der Waals surface area contributed by atoms with Crippen LogP contribution < -0.4 is 5.32 Å². The molecule has 114 valence electrons. The highest BCUT2D eigenvalue weighted by Crippen LogP contribution is 2.29. The number of hydrogen-bond acceptors (Lipinski definition) is 5. The number of aliphatic hydroxyl groups is 1. The number of hydrogen-bond donors (Lipinski definition) is 2. The molecule has 0 spiro atoms. The summed E-state index contributed by atoms with van der Waals surface area (Å²) in [7, 11) is 0. The van der Waals surface area contributed by atoms with E-state index in [0.717, 1.165) is 16.3 Å². The first-order valence-corrected chi connectivity index (χ1v) is 8.51. The summed E-state index contributed by atoms with van der Waals surface area (Å²) in [6, 6.07) is 1.99. The van der Waals surface area contributed by atoms with Crippen molar-refractivity contribution in [1.29, 1.82) is 0 Å². The van der Waals surface area contributed by atoms with Gasteiger partial charge in [-0.1, -0.05) is 20.8 Å². The molecule has 0 radical (unpaired) electrons. The van der Waals surface area contributed by atoms with E-state index in [1.165, 1.54) is 11.3 Å². The van der Waals surface area contributed by atoms with Gasteiger partial charge in [-0.2, -0.15) is 11.3 Å². The van der Waals surface area contributed by atoms with Crippen molar-refractivity contribution in [3.05, 3.63) is 27.4 Å². The van der Waals surface area contributed by atoms with Crippen molar-refractivity contribution in [2.75, 3.05) is 6.54 Å². The number of aryl methyl sites for hydroxylation is 1. The highest BCUT2D eigenvalue weighted by atomic mass is 32.1. The Morgan fingerprint density at radius 2 is 2.19 bits per heavy atom. The van der Waals surface area contributed by atoms with E-state index in [4.69, 9.17) is 0 Å². The van der Waals surface area contributed by atoms with E-state index in [2.05, 4.69) is 10.3 Å². The summed E-state index contributed by atoms with van der Waals surface area (Å²) >= 11 is 2.99. The molecule has 2 aromatic heterocycles. The first kappa shape index (κ1) is 16.1. The molecule has 0 aliphatic carbocycles. The first-order chi connectivity index (χ1) is 9.79. The molecule has 1 unspecified atom stereocenters. The maximum Gasteiger partial charge on any atom is 0.263 e. The number of amides is 1. The van der Waals surface area contributed by atoms with Crippen LogP contribution in [0, 0.1) is 12.3 Å². The molecule has 1 amide bonds. The van der Waals surface area contributed by atoms with Gasteiger partial charge in [0.25, 0.3) is 5.91 Å². The van der Waals surface area contributed by atoms with Crippen molar-refractivity contribution in [2.45, 2.75) is 33.8 Å². The van der Waals surface area contributed by atoms with Gasteiger partial charge in [-0.3, -0.25) is 4.79 Å². The van der Waals surface area contributed by atoms with Crippen LogP contribution in [0.4, 0.5) is 0 Å². The van der Waals surface area contributed by atoms with Crippen molar-refractivity contribution in [2.24, 2.45) is 5.41 Å². The Morgan fingerprint density at radius 1 is 1.48 bits per heavy atom. The van der Waals surface area contributed by atoms with Crippen LogP contribution in [-0.4, -0.2) is 28.6 Å². The molecule has 4 nitrogen and oxygen atoms in total. The summed E-state index contributed by atoms with van der Waals surface area (Å²) in [5.74, 6) is -0.172. The average Bonchev–Trinajstić information content (AvgIpc) is 3.03. The summed E-state index contributed by atoms with van der Waals surface area (Å²) in [5, 5.41) is 17.6. The number of rotatable bonds is 4. The molecule has 1 atom stereocenters. The molecule has 21 heavy (non-hydrogen) atoms. The van der Waals surface area contributed by atoms with Crippen LogP contribution in [0.3, 0.4) is 0 Å². The Bertz CT molecular complexity index is 612. The fraction of sp³-hybridized carbons (Fsp3) is 0.467. The highest BCUT2D eigenvalue weighted by molar-refractivity contribution is 7.17. The number of carbonyl (C=O) groups is 1. The number of carbonyl (C=O) groups excluding carboxylic acids is 1. The van der Waals surface area contributed by atoms with Crippen molar-refractivity contribution < 1.29 is 9.90 Å². The maximum absolute atomic E-state index is 12.2. The van der Waals surface area contributed by atoms with E-state index in [1.54, 1.807) is 11.3 Å². The number of nitrogens with one attached hydrogen (secondary N) is 1. The second kappa shape index (κ2) is 6.25. The Morgan fingerprint density at radius 3 is 2.76 bits per heavy atom. The average molecular weight is 324 g/mol. The van der Waals surface area contributed by atoms with Gasteiger partial charge in [-0.25, -0.2) is 4.98 Å². The predicted molar refractivity (Wildman–Crippen MR) is 88.0 cm³/mol. The van der Waals surface area contributed by atoms with Gasteiger partial charge in [-0.15, -0.1) is 11.3 Å². The molecular formula is C15H20N2O2S2. The molecule has 2 aromatic rings. The second-order valence-electron chi connectivity index (χ2n) is 6.04. The lowest BCUT2D eigenvalue weighted by molar-refractivity contribution is 0.0588. The zero-order chi connectivity index (χ0) is 15.6. The van der Waals surface area contributed by atoms with E-state index >= 15 is 0 Å². The third-order valence-corrected chi connectivity index (χ3v) is 5.12. The van der Waals surface area contributed by atoms with Gasteiger partial charge in [0.1, 0.15) is 9.88 Å². The summed E-state index contributed by atoms with van der Waals surface area (Å²) in [4.78, 5) is 17.3. The number of nitrogens with zero attached hydrogens (tertiary/aromatic N) is 1. The number of aromatic nitrogens is 1. The van der Waals surface area contributed by atoms with Gasteiger partial charge < -0.3 is 10.4 Å². The molecular weight excluding hydrogens is 304 g/mol. The fourth-order valence-corrected chi connectivity index (χ4v) is 3.39. The van der Waals surface area contributed by atoms with Crippen LogP contribution in [-0.2, 0) is 0 Å². The number of thiazole rings is 1. The van der Waals surface area contributed by atoms with Gasteiger partial charge in [0.15, 0.2) is 0 Å². The topological polar surface area (TPSA) is 62.2 Å². The Hall–Kier alpha value is -1.24. The van der Waals surface area contributed by atoms with E-state index in [-0.39, 0.29) is 17.9 Å². The molecule has 0 bridgehead atoms. The lowest BCUT2D eigenvalue weighted by atomic mass is 9.89. The molecule has 2 N–H and O–H groups in total. The minimum atomic E-state index is -0.578. The monoisotopic (exact) mass is 324 g/mol. The van der Waals surface area contributed by atoms with Gasteiger partial charge in [0, 0.05) is 17.5 Å². The SMILES string of the molecule is Cc1nc(-c2ccsc2)sc1C(=O)NCC(O)C(C)(C)C. The molecule has 0 aromatic carbocycles. The van der Waals surface area contributed by atoms with E-state index in [9.17, 15) is 9.90 Å². The van der Waals surface area contributed by atoms with Crippen molar-refractivity contribution in [3.63, 3.8) is 0 Å². The van der Waals surface area contributed by atoms with Gasteiger partial charge in [0.05, 0.1) is 11.8 Å². The minimum absolute atomic E-state index is 0.172. The molecule has 2 rings (SSSR count). The second-order valence-corrected chi connectivity index (χ2v) is 7.82. The smallest absolute Gasteiger partial charge is 0.263 e. The van der Waals surface area contributed by atoms with Gasteiger partial charge in [-0.05, 0) is 23.8 Å². The lowest BCUT2D eigenvalue weighted by Crippen LogP contribution is -2.39. The van der Waals surface area contributed by atoms with Crippen molar-refractivity contribution in [3.8, 4) is 10.6 Å². The summed E-state index contributed by atoms with van der Waals surface area (Å²) in [6.45, 7) is 7.90. The predicted octanol–water partition coefficient (Wildman–Crippen LogP) is 3.32. The Labute approximate surface area is 132 Å². The molecule has 0 saturated carbocycles. The molecule has 0 fully saturated rings. The zero-order valence-corrected chi connectivity index (χ0v) is 14.3. The van der Waals surface area contributed by atoms with E-state index in [0.29, 0.717) is 4.88 Å². The van der Waals surface area contributed by atoms with Gasteiger partial charge >= 0.3 is 0 Å². The normalized spacial score (nSPS) is 13.2. The molecule has 0 aliphatic rings. The molecule has 0 saturated heterocycles. The lowest BCUT2D eigenvalue weighted by Gasteiger charge is -2.25. The fourth-order valence-electron chi connectivity index (χ4n) is 1.69. The number of thiophene rings is 1. The van der Waals surface area contributed by atoms with Gasteiger partial charge in [0.2, 0.25) is 0 Å².